The fourth-order valence-electron chi connectivity index (χ4n) is 6.75. The molecule has 7 nitrogen and oxygen atoms in total. The van der Waals surface area contributed by atoms with E-state index in [1.54, 1.807) is 19.1 Å². The molecule has 2 fully saturated rings. The number of nitrogens with zero attached hydrogens (tertiary/aromatic N) is 3. The average Bonchev–Trinajstić information content (AvgIpc) is 3.66. The number of benzene rings is 2. The second kappa shape index (κ2) is 11.3. The summed E-state index contributed by atoms with van der Waals surface area (Å²) in [4.78, 5) is 19.4. The van der Waals surface area contributed by atoms with Crippen molar-refractivity contribution in [2.24, 2.45) is 13.0 Å². The summed E-state index contributed by atoms with van der Waals surface area (Å²) in [5.41, 5.74) is 2.64. The van der Waals surface area contributed by atoms with Crippen LogP contribution in [0, 0.1) is 11.7 Å². The quantitative estimate of drug-likeness (QED) is 0.290. The minimum Gasteiger partial charge on any atom is -0.466 e. The molecular weight excluding hydrogens is 545 g/mol. The number of carbonyl (C=O) groups excluding carboxylic acids is 1. The lowest BCUT2D eigenvalue weighted by Gasteiger charge is -2.32. The fraction of sp³-hybridized carbons (Fsp3) is 0.500. The van der Waals surface area contributed by atoms with Gasteiger partial charge in [-0.05, 0) is 82.3 Å². The fourth-order valence-corrected chi connectivity index (χ4v) is 6.91. The van der Waals surface area contributed by atoms with Crippen LogP contribution in [0.1, 0.15) is 80.4 Å². The van der Waals surface area contributed by atoms with E-state index in [0.717, 1.165) is 63.1 Å². The van der Waals surface area contributed by atoms with Crippen LogP contribution in [-0.4, -0.2) is 40.1 Å². The Morgan fingerprint density at radius 3 is 2.71 bits per heavy atom. The molecule has 0 radical (unpaired) electrons. The number of aromatic nitrogens is 2. The maximum atomic E-state index is 14.8. The van der Waals surface area contributed by atoms with Crippen molar-refractivity contribution in [1.82, 2.24) is 14.5 Å². The monoisotopic (exact) mass is 581 g/mol. The minimum absolute atomic E-state index is 0.00535. The van der Waals surface area contributed by atoms with Crippen LogP contribution in [0.4, 0.5) is 4.39 Å². The Balaban J connectivity index is 1.08. The second-order valence-electron chi connectivity index (χ2n) is 11.6. The molecule has 2 aliphatic heterocycles. The van der Waals surface area contributed by atoms with E-state index < -0.39 is 11.6 Å². The van der Waals surface area contributed by atoms with Crippen molar-refractivity contribution in [1.29, 1.82) is 0 Å². The van der Waals surface area contributed by atoms with Crippen molar-refractivity contribution in [2.45, 2.75) is 70.1 Å². The summed E-state index contributed by atoms with van der Waals surface area (Å²) in [7, 11) is 2.09. The molecule has 1 saturated carbocycles. The zero-order valence-electron chi connectivity index (χ0n) is 23.9. The van der Waals surface area contributed by atoms with Crippen LogP contribution in [0.2, 0.25) is 5.02 Å². The zero-order valence-corrected chi connectivity index (χ0v) is 24.6. The van der Waals surface area contributed by atoms with Crippen molar-refractivity contribution < 1.29 is 23.4 Å². The number of carbonyl (C=O) groups is 1. The first-order valence-corrected chi connectivity index (χ1v) is 15.0. The van der Waals surface area contributed by atoms with Gasteiger partial charge in [0.1, 0.15) is 11.6 Å². The largest absolute Gasteiger partial charge is 0.466 e. The van der Waals surface area contributed by atoms with Gasteiger partial charge < -0.3 is 18.8 Å². The summed E-state index contributed by atoms with van der Waals surface area (Å²) in [6.45, 7) is 6.70. The van der Waals surface area contributed by atoms with E-state index in [-0.39, 0.29) is 11.9 Å². The summed E-state index contributed by atoms with van der Waals surface area (Å²) in [5, 5.41) is 0.334. The minimum atomic E-state index is -1.25. The van der Waals surface area contributed by atoms with Crippen LogP contribution < -0.4 is 9.47 Å². The molecule has 1 aromatic heterocycles. The van der Waals surface area contributed by atoms with E-state index in [1.165, 1.54) is 11.8 Å². The summed E-state index contributed by atoms with van der Waals surface area (Å²) >= 11 is 5.97. The SMILES string of the molecule is CCOC(=O)C1CCC(c2cnc(CN3CCC(c4cccc5c4OC(C)(c4ccc(Cl)cc4F)O5)CC3)n2C)C1. The third-order valence-corrected chi connectivity index (χ3v) is 9.25. The average molecular weight is 582 g/mol. The third-order valence-electron chi connectivity index (χ3n) is 9.01. The van der Waals surface area contributed by atoms with E-state index in [1.807, 2.05) is 25.3 Å². The summed E-state index contributed by atoms with van der Waals surface area (Å²) in [6.07, 6.45) is 6.65. The highest BCUT2D eigenvalue weighted by Gasteiger charge is 2.43. The molecule has 3 aromatic rings. The van der Waals surface area contributed by atoms with Crippen LogP contribution in [0.3, 0.4) is 0 Å². The van der Waals surface area contributed by atoms with Gasteiger partial charge in [-0.25, -0.2) is 9.37 Å². The molecule has 9 heteroatoms. The second-order valence-corrected chi connectivity index (χ2v) is 12.1. The van der Waals surface area contributed by atoms with Gasteiger partial charge >= 0.3 is 5.97 Å². The highest BCUT2D eigenvalue weighted by molar-refractivity contribution is 6.30. The van der Waals surface area contributed by atoms with Crippen molar-refractivity contribution in [2.75, 3.05) is 19.7 Å². The van der Waals surface area contributed by atoms with Crippen LogP contribution in [0.25, 0.3) is 0 Å². The lowest BCUT2D eigenvalue weighted by molar-refractivity contribution is -0.147. The molecule has 1 saturated heterocycles. The number of imidazole rings is 1. The Morgan fingerprint density at radius 2 is 1.95 bits per heavy atom. The first-order valence-electron chi connectivity index (χ1n) is 14.6. The zero-order chi connectivity index (χ0) is 28.7. The van der Waals surface area contributed by atoms with Crippen molar-refractivity contribution >= 4 is 17.6 Å². The molecule has 218 valence electrons. The number of hydrogen-bond acceptors (Lipinski definition) is 6. The molecule has 0 N–H and O–H groups in total. The normalized spacial score (nSPS) is 24.6. The number of ether oxygens (including phenoxy) is 3. The number of likely N-dealkylation sites (tertiary alicyclic amines) is 1. The number of rotatable bonds is 7. The van der Waals surface area contributed by atoms with Gasteiger partial charge in [-0.2, -0.15) is 0 Å². The molecule has 2 aromatic carbocycles. The van der Waals surface area contributed by atoms with Crippen LogP contribution in [0.15, 0.2) is 42.6 Å². The first-order chi connectivity index (χ1) is 19.8. The Kier molecular flexibility index (Phi) is 7.72. The van der Waals surface area contributed by atoms with Crippen LogP contribution >= 0.6 is 11.6 Å². The smallest absolute Gasteiger partial charge is 0.308 e. The molecule has 3 aliphatic rings. The first kappa shape index (κ1) is 28.0. The third kappa shape index (κ3) is 5.44. The highest BCUT2D eigenvalue weighted by Crippen LogP contribution is 2.50. The number of halogens is 2. The number of fused-ring (bicyclic) bond motifs is 1. The highest BCUT2D eigenvalue weighted by atomic mass is 35.5. The summed E-state index contributed by atoms with van der Waals surface area (Å²) in [6, 6.07) is 10.5. The van der Waals surface area contributed by atoms with Gasteiger partial charge in [0.15, 0.2) is 11.5 Å². The molecule has 1 aliphatic carbocycles. The van der Waals surface area contributed by atoms with Gasteiger partial charge in [-0.1, -0.05) is 23.7 Å². The van der Waals surface area contributed by atoms with Crippen LogP contribution in [0.5, 0.6) is 11.5 Å². The van der Waals surface area contributed by atoms with Gasteiger partial charge in [0.05, 0.1) is 24.6 Å². The maximum Gasteiger partial charge on any atom is 0.308 e. The van der Waals surface area contributed by atoms with Crippen molar-refractivity contribution in [3.05, 3.63) is 76.1 Å². The van der Waals surface area contributed by atoms with Crippen LogP contribution in [-0.2, 0) is 28.9 Å². The Hall–Kier alpha value is -3.10. The molecule has 3 unspecified atom stereocenters. The van der Waals surface area contributed by atoms with Gasteiger partial charge in [-0.3, -0.25) is 9.69 Å². The molecule has 0 spiro atoms. The van der Waals surface area contributed by atoms with Crippen molar-refractivity contribution in [3.63, 3.8) is 0 Å². The standard InChI is InChI=1S/C32H37ClFN3O4/c1-4-39-31(38)22-9-8-21(16-22)27-18-35-29(36(27)3)19-37-14-12-20(13-15-37)24-6-5-7-28-30(24)41-32(2,40-28)25-11-10-23(33)17-26(25)34/h5-7,10-11,17-18,20-22H,4,8-9,12-16,19H2,1-3H3. The van der Waals surface area contributed by atoms with Crippen molar-refractivity contribution in [3.8, 4) is 11.5 Å². The molecule has 41 heavy (non-hydrogen) atoms. The van der Waals surface area contributed by atoms with Gasteiger partial charge in [-0.15, -0.1) is 0 Å². The predicted molar refractivity (Wildman–Crippen MR) is 154 cm³/mol. The number of hydrogen-bond donors (Lipinski definition) is 0. The molecule has 3 atom stereocenters. The Labute approximate surface area is 245 Å². The predicted octanol–water partition coefficient (Wildman–Crippen LogP) is 6.68. The molecule has 0 bridgehead atoms. The molecule has 0 amide bonds. The van der Waals surface area contributed by atoms with Gasteiger partial charge in [0, 0.05) is 42.4 Å². The van der Waals surface area contributed by atoms with E-state index in [9.17, 15) is 9.18 Å². The number of para-hydroxylation sites is 1. The van der Waals surface area contributed by atoms with Gasteiger partial charge in [0.25, 0.3) is 5.79 Å². The molecule has 3 heterocycles. The van der Waals surface area contributed by atoms with E-state index in [4.69, 9.17) is 30.8 Å². The maximum absolute atomic E-state index is 14.8. The van der Waals surface area contributed by atoms with E-state index >= 15 is 0 Å². The lowest BCUT2D eigenvalue weighted by atomic mass is 9.88. The van der Waals surface area contributed by atoms with E-state index in [2.05, 4.69) is 22.6 Å². The topological polar surface area (TPSA) is 65.8 Å². The summed E-state index contributed by atoms with van der Waals surface area (Å²) < 4.78 is 34.8. The Morgan fingerprint density at radius 1 is 1.15 bits per heavy atom. The molecular formula is C32H37ClFN3O4. The number of esters is 1. The molecule has 6 rings (SSSR count). The lowest BCUT2D eigenvalue weighted by Crippen LogP contribution is -2.34. The summed E-state index contributed by atoms with van der Waals surface area (Å²) in [5.74, 6) is 1.28. The number of piperidine rings is 1. The Bertz CT molecular complexity index is 1440. The van der Waals surface area contributed by atoms with E-state index in [0.29, 0.717) is 40.5 Å². The van der Waals surface area contributed by atoms with Gasteiger partial charge in [0.2, 0.25) is 0 Å².